The van der Waals surface area contributed by atoms with Gasteiger partial charge in [-0.3, -0.25) is 4.79 Å². The smallest absolute Gasteiger partial charge is 0.228 e. The van der Waals surface area contributed by atoms with Gasteiger partial charge in [-0.25, -0.2) is 13.4 Å². The third kappa shape index (κ3) is 2.96. The second-order valence-electron chi connectivity index (χ2n) is 4.57. The van der Waals surface area contributed by atoms with E-state index in [1.165, 1.54) is 12.1 Å². The minimum atomic E-state index is -3.33. The average Bonchev–Trinajstić information content (AvgIpc) is 2.86. The van der Waals surface area contributed by atoms with Gasteiger partial charge in [-0.2, -0.15) is 0 Å². The van der Waals surface area contributed by atoms with Crippen LogP contribution >= 0.6 is 0 Å². The molecule has 0 N–H and O–H groups in total. The monoisotopic (exact) mass is 292 g/mol. The summed E-state index contributed by atoms with van der Waals surface area (Å²) in [5.41, 5.74) is 0.330. The van der Waals surface area contributed by atoms with Gasteiger partial charge in [0.15, 0.2) is 15.7 Å². The van der Waals surface area contributed by atoms with E-state index in [1.807, 2.05) is 6.92 Å². The first kappa shape index (κ1) is 14.5. The van der Waals surface area contributed by atoms with Crippen molar-refractivity contribution in [2.24, 2.45) is 0 Å². The van der Waals surface area contributed by atoms with Crippen molar-refractivity contribution in [3.63, 3.8) is 0 Å². The summed E-state index contributed by atoms with van der Waals surface area (Å²) in [6, 6.07) is 6.03. The molecule has 0 unspecified atom stereocenters. The van der Waals surface area contributed by atoms with Crippen LogP contribution in [0.3, 0.4) is 0 Å². The molecular weight excluding hydrogens is 276 g/mol. The second-order valence-corrected chi connectivity index (χ2v) is 6.59. The van der Waals surface area contributed by atoms with Crippen LogP contribution in [0.2, 0.25) is 0 Å². The summed E-state index contributed by atoms with van der Waals surface area (Å²) in [6.07, 6.45) is 5.33. The number of rotatable bonds is 5. The van der Waals surface area contributed by atoms with Crippen molar-refractivity contribution in [3.05, 3.63) is 48.0 Å². The zero-order valence-electron chi connectivity index (χ0n) is 11.4. The Balaban J connectivity index is 2.41. The summed E-state index contributed by atoms with van der Waals surface area (Å²) in [6.45, 7) is 2.71. The summed E-state index contributed by atoms with van der Waals surface area (Å²) < 4.78 is 24.8. The van der Waals surface area contributed by atoms with E-state index in [9.17, 15) is 13.2 Å². The predicted molar refractivity (Wildman–Crippen MR) is 75.5 cm³/mol. The lowest BCUT2D eigenvalue weighted by Gasteiger charge is -2.06. The molecule has 0 radical (unpaired) electrons. The van der Waals surface area contributed by atoms with Crippen LogP contribution in [0.5, 0.6) is 0 Å². The summed E-state index contributed by atoms with van der Waals surface area (Å²) in [5, 5.41) is 0. The first-order chi connectivity index (χ1) is 9.43. The van der Waals surface area contributed by atoms with E-state index in [4.69, 9.17) is 0 Å². The Hall–Kier alpha value is -1.95. The Morgan fingerprint density at radius 3 is 2.75 bits per heavy atom. The molecule has 2 rings (SSSR count). The Bertz CT molecular complexity index is 732. The van der Waals surface area contributed by atoms with Crippen molar-refractivity contribution in [3.8, 4) is 0 Å². The fourth-order valence-electron chi connectivity index (χ4n) is 1.94. The lowest BCUT2D eigenvalue weighted by atomic mass is 10.1. The number of aromatic nitrogens is 2. The molecule has 0 bridgehead atoms. The number of ketones is 1. The van der Waals surface area contributed by atoms with Crippen molar-refractivity contribution >= 4 is 15.6 Å². The highest BCUT2D eigenvalue weighted by Crippen LogP contribution is 2.14. The highest BCUT2D eigenvalue weighted by atomic mass is 32.2. The molecule has 6 heteroatoms. The molecule has 0 saturated heterocycles. The number of benzene rings is 1. The van der Waals surface area contributed by atoms with Gasteiger partial charge < -0.3 is 4.57 Å². The van der Waals surface area contributed by atoms with Gasteiger partial charge in [0.05, 0.1) is 4.90 Å². The molecule has 1 aromatic heterocycles. The van der Waals surface area contributed by atoms with E-state index >= 15 is 0 Å². The molecule has 0 spiro atoms. The number of nitrogens with zero attached hydrogens (tertiary/aromatic N) is 2. The van der Waals surface area contributed by atoms with Crippen molar-refractivity contribution in [2.45, 2.75) is 24.8 Å². The largest absolute Gasteiger partial charge is 0.328 e. The molecule has 1 aromatic carbocycles. The predicted octanol–water partition coefficient (Wildman–Crippen LogP) is 1.93. The third-order valence-electron chi connectivity index (χ3n) is 2.91. The van der Waals surface area contributed by atoms with Crippen molar-refractivity contribution in [2.75, 3.05) is 6.26 Å². The SMILES string of the molecule is CCCn1ccnc1C(=O)c1cccc(S(C)(=O)=O)c1. The Morgan fingerprint density at radius 2 is 2.10 bits per heavy atom. The van der Waals surface area contributed by atoms with Crippen LogP contribution in [0.15, 0.2) is 41.6 Å². The first-order valence-corrected chi connectivity index (χ1v) is 8.18. The van der Waals surface area contributed by atoms with Gasteiger partial charge in [0, 0.05) is 30.8 Å². The zero-order valence-corrected chi connectivity index (χ0v) is 12.2. The summed E-state index contributed by atoms with van der Waals surface area (Å²) in [7, 11) is -3.33. The van der Waals surface area contributed by atoms with Crippen LogP contribution in [0, 0.1) is 0 Å². The lowest BCUT2D eigenvalue weighted by molar-refractivity contribution is 0.102. The number of sulfone groups is 1. The highest BCUT2D eigenvalue weighted by molar-refractivity contribution is 7.90. The maximum atomic E-state index is 12.4. The van der Waals surface area contributed by atoms with Crippen molar-refractivity contribution in [1.82, 2.24) is 9.55 Å². The maximum absolute atomic E-state index is 12.4. The molecule has 1 heterocycles. The molecule has 20 heavy (non-hydrogen) atoms. The van der Waals surface area contributed by atoms with E-state index in [0.717, 1.165) is 12.7 Å². The highest BCUT2D eigenvalue weighted by Gasteiger charge is 2.17. The van der Waals surface area contributed by atoms with E-state index in [-0.39, 0.29) is 10.7 Å². The van der Waals surface area contributed by atoms with Gasteiger partial charge in [0.25, 0.3) is 0 Å². The van der Waals surface area contributed by atoms with Gasteiger partial charge in [-0.15, -0.1) is 0 Å². The topological polar surface area (TPSA) is 69.0 Å². The van der Waals surface area contributed by atoms with Crippen LogP contribution in [0.25, 0.3) is 0 Å². The zero-order chi connectivity index (χ0) is 14.8. The normalized spacial score (nSPS) is 11.5. The fraction of sp³-hybridized carbons (Fsp3) is 0.286. The van der Waals surface area contributed by atoms with Gasteiger partial charge >= 0.3 is 0 Å². The minimum Gasteiger partial charge on any atom is -0.328 e. The molecule has 0 fully saturated rings. The number of carbonyl (C=O) groups is 1. The van der Waals surface area contributed by atoms with Gasteiger partial charge in [0.1, 0.15) is 0 Å². The Morgan fingerprint density at radius 1 is 1.35 bits per heavy atom. The number of aryl methyl sites for hydroxylation is 1. The number of imidazole rings is 1. The molecule has 5 nitrogen and oxygen atoms in total. The Kier molecular flexibility index (Phi) is 4.04. The third-order valence-corrected chi connectivity index (χ3v) is 4.02. The molecule has 0 aliphatic heterocycles. The van der Waals surface area contributed by atoms with Crippen LogP contribution < -0.4 is 0 Å². The van der Waals surface area contributed by atoms with Crippen LogP contribution in [0.1, 0.15) is 29.5 Å². The van der Waals surface area contributed by atoms with E-state index in [1.54, 1.807) is 29.1 Å². The molecule has 0 aliphatic carbocycles. The summed E-state index contributed by atoms with van der Waals surface area (Å²) >= 11 is 0. The number of hydrogen-bond acceptors (Lipinski definition) is 4. The average molecular weight is 292 g/mol. The Labute approximate surface area is 118 Å². The van der Waals surface area contributed by atoms with Crippen LogP contribution in [-0.2, 0) is 16.4 Å². The van der Waals surface area contributed by atoms with Gasteiger partial charge in [-0.05, 0) is 18.6 Å². The quantitative estimate of drug-likeness (QED) is 0.790. The van der Waals surface area contributed by atoms with Gasteiger partial charge in [-0.1, -0.05) is 19.1 Å². The molecule has 2 aromatic rings. The summed E-state index contributed by atoms with van der Waals surface area (Å²) in [5.74, 6) is 0.0615. The molecular formula is C14H16N2O3S. The molecule has 0 saturated carbocycles. The van der Waals surface area contributed by atoms with Gasteiger partial charge in [0.2, 0.25) is 5.78 Å². The van der Waals surface area contributed by atoms with Crippen LogP contribution in [-0.4, -0.2) is 30.0 Å². The summed E-state index contributed by atoms with van der Waals surface area (Å²) in [4.78, 5) is 16.6. The molecule has 0 atom stereocenters. The van der Waals surface area contributed by atoms with E-state index in [2.05, 4.69) is 4.98 Å². The molecule has 106 valence electrons. The maximum Gasteiger partial charge on any atom is 0.228 e. The number of hydrogen-bond donors (Lipinski definition) is 0. The molecule has 0 aliphatic rings. The number of carbonyl (C=O) groups excluding carboxylic acids is 1. The fourth-order valence-corrected chi connectivity index (χ4v) is 2.60. The van der Waals surface area contributed by atoms with E-state index < -0.39 is 9.84 Å². The van der Waals surface area contributed by atoms with Crippen LogP contribution in [0.4, 0.5) is 0 Å². The first-order valence-electron chi connectivity index (χ1n) is 6.29. The minimum absolute atomic E-state index is 0.136. The van der Waals surface area contributed by atoms with Crippen molar-refractivity contribution < 1.29 is 13.2 Å². The lowest BCUT2D eigenvalue weighted by Crippen LogP contribution is -2.12. The molecule has 0 amide bonds. The standard InChI is InChI=1S/C14H16N2O3S/c1-3-8-16-9-7-15-14(16)13(17)11-5-4-6-12(10-11)20(2,18)19/h4-7,9-10H,3,8H2,1-2H3. The second kappa shape index (κ2) is 5.58. The van der Waals surface area contributed by atoms with Crippen molar-refractivity contribution in [1.29, 1.82) is 0 Å². The van der Waals surface area contributed by atoms with E-state index in [0.29, 0.717) is 17.9 Å².